The maximum atomic E-state index is 12.6. The summed E-state index contributed by atoms with van der Waals surface area (Å²) in [5.74, 6) is 0.654. The molecule has 0 aromatic heterocycles. The number of rotatable bonds is 4. The van der Waals surface area contributed by atoms with Crippen LogP contribution in [0.15, 0.2) is 53.4 Å². The molecule has 2 aliphatic heterocycles. The Morgan fingerprint density at radius 2 is 1.73 bits per heavy atom. The molecule has 0 aliphatic carbocycles. The van der Waals surface area contributed by atoms with E-state index in [2.05, 4.69) is 4.72 Å². The molecule has 8 heteroatoms. The van der Waals surface area contributed by atoms with Crippen LogP contribution in [0, 0.1) is 0 Å². The lowest BCUT2D eigenvalue weighted by Gasteiger charge is -2.38. The summed E-state index contributed by atoms with van der Waals surface area (Å²) in [5.41, 5.74) is 0.753. The van der Waals surface area contributed by atoms with Gasteiger partial charge in [0.15, 0.2) is 11.5 Å². The Morgan fingerprint density at radius 1 is 1.00 bits per heavy atom. The zero-order valence-corrected chi connectivity index (χ0v) is 14.7. The van der Waals surface area contributed by atoms with E-state index in [1.165, 1.54) is 12.1 Å². The first kappa shape index (κ1) is 16.9. The summed E-state index contributed by atoms with van der Waals surface area (Å²) < 4.78 is 38.7. The van der Waals surface area contributed by atoms with Gasteiger partial charge in [0.25, 0.3) is 0 Å². The number of β-lactam (4-membered cyclic amide) rings is 1. The SMILES string of the molecule is O=C1[C@@H](NS(=O)(=O)c2ccc3c(c2)OCCCO3)CN1c1ccccc1. The van der Waals surface area contributed by atoms with Gasteiger partial charge in [-0.05, 0) is 24.3 Å². The highest BCUT2D eigenvalue weighted by Gasteiger charge is 2.40. The van der Waals surface area contributed by atoms with Crippen LogP contribution in [0.5, 0.6) is 11.5 Å². The molecule has 2 aliphatic rings. The molecule has 0 bridgehead atoms. The maximum Gasteiger partial charge on any atom is 0.247 e. The molecule has 0 spiro atoms. The molecule has 2 heterocycles. The molecule has 1 saturated heterocycles. The van der Waals surface area contributed by atoms with Gasteiger partial charge in [-0.15, -0.1) is 0 Å². The molecule has 1 atom stereocenters. The average molecular weight is 374 g/mol. The van der Waals surface area contributed by atoms with E-state index in [4.69, 9.17) is 9.47 Å². The minimum absolute atomic E-state index is 0.0488. The Bertz CT molecular complexity index is 930. The number of sulfonamides is 1. The molecule has 1 amide bonds. The summed E-state index contributed by atoms with van der Waals surface area (Å²) >= 11 is 0. The summed E-state index contributed by atoms with van der Waals surface area (Å²) in [6.07, 6.45) is 0.737. The van der Waals surface area contributed by atoms with Crippen LogP contribution in [0.3, 0.4) is 0 Å². The van der Waals surface area contributed by atoms with E-state index in [0.717, 1.165) is 12.1 Å². The number of nitrogens with one attached hydrogen (secondary N) is 1. The molecular formula is C18H18N2O5S. The Hall–Kier alpha value is -2.58. The van der Waals surface area contributed by atoms with E-state index in [1.54, 1.807) is 11.0 Å². The summed E-state index contributed by atoms with van der Waals surface area (Å²) in [6, 6.07) is 12.8. The average Bonchev–Trinajstić information content (AvgIpc) is 2.90. The molecule has 4 rings (SSSR count). The molecule has 2 aromatic carbocycles. The summed E-state index contributed by atoms with van der Waals surface area (Å²) in [6.45, 7) is 1.30. The van der Waals surface area contributed by atoms with Gasteiger partial charge in [-0.1, -0.05) is 18.2 Å². The van der Waals surface area contributed by atoms with E-state index < -0.39 is 16.1 Å². The third kappa shape index (κ3) is 3.13. The molecule has 0 saturated carbocycles. The lowest BCUT2D eigenvalue weighted by atomic mass is 10.1. The second-order valence-corrected chi connectivity index (χ2v) is 7.83. The molecule has 26 heavy (non-hydrogen) atoms. The summed E-state index contributed by atoms with van der Waals surface area (Å²) in [4.78, 5) is 13.9. The monoisotopic (exact) mass is 374 g/mol. The predicted molar refractivity (Wildman–Crippen MR) is 95.0 cm³/mol. The first-order valence-electron chi connectivity index (χ1n) is 8.33. The van der Waals surface area contributed by atoms with Gasteiger partial charge in [-0.2, -0.15) is 4.72 Å². The van der Waals surface area contributed by atoms with Crippen LogP contribution < -0.4 is 19.1 Å². The molecule has 1 N–H and O–H groups in total. The number of para-hydroxylation sites is 1. The molecular weight excluding hydrogens is 356 g/mol. The third-order valence-corrected chi connectivity index (χ3v) is 5.79. The normalized spacial score (nSPS) is 19.6. The molecule has 136 valence electrons. The van der Waals surface area contributed by atoms with E-state index >= 15 is 0 Å². The number of hydrogen-bond donors (Lipinski definition) is 1. The second-order valence-electron chi connectivity index (χ2n) is 6.12. The highest BCUT2D eigenvalue weighted by atomic mass is 32.2. The number of amides is 1. The zero-order valence-electron chi connectivity index (χ0n) is 13.9. The van der Waals surface area contributed by atoms with Crippen LogP contribution in [0.4, 0.5) is 5.69 Å². The van der Waals surface area contributed by atoms with Crippen LogP contribution in [-0.4, -0.2) is 40.1 Å². The fraction of sp³-hybridized carbons (Fsp3) is 0.278. The van der Waals surface area contributed by atoms with Crippen LogP contribution in [-0.2, 0) is 14.8 Å². The maximum absolute atomic E-state index is 12.6. The molecule has 0 radical (unpaired) electrons. The lowest BCUT2D eigenvalue weighted by molar-refractivity contribution is -0.124. The van der Waals surface area contributed by atoms with Crippen LogP contribution in [0.2, 0.25) is 0 Å². The third-order valence-electron chi connectivity index (χ3n) is 4.32. The smallest absolute Gasteiger partial charge is 0.247 e. The van der Waals surface area contributed by atoms with Crippen molar-refractivity contribution in [2.45, 2.75) is 17.4 Å². The number of benzene rings is 2. The quantitative estimate of drug-likeness (QED) is 0.821. The Balaban J connectivity index is 1.48. The van der Waals surface area contributed by atoms with Crippen molar-refractivity contribution in [2.75, 3.05) is 24.7 Å². The highest BCUT2D eigenvalue weighted by Crippen LogP contribution is 2.32. The van der Waals surface area contributed by atoms with Crippen molar-refractivity contribution >= 4 is 21.6 Å². The van der Waals surface area contributed by atoms with Crippen molar-refractivity contribution in [3.8, 4) is 11.5 Å². The van der Waals surface area contributed by atoms with E-state index in [-0.39, 0.29) is 10.8 Å². The number of anilines is 1. The molecule has 7 nitrogen and oxygen atoms in total. The van der Waals surface area contributed by atoms with Crippen LogP contribution >= 0.6 is 0 Å². The Kier molecular flexibility index (Phi) is 4.29. The van der Waals surface area contributed by atoms with Gasteiger partial charge < -0.3 is 14.4 Å². The van der Waals surface area contributed by atoms with E-state index in [1.807, 2.05) is 30.3 Å². The Morgan fingerprint density at radius 3 is 2.46 bits per heavy atom. The van der Waals surface area contributed by atoms with Crippen molar-refractivity contribution in [2.24, 2.45) is 0 Å². The topological polar surface area (TPSA) is 84.9 Å². The number of hydrogen-bond acceptors (Lipinski definition) is 5. The minimum Gasteiger partial charge on any atom is -0.490 e. The first-order valence-corrected chi connectivity index (χ1v) is 9.81. The second kappa shape index (κ2) is 6.62. The number of carbonyl (C=O) groups is 1. The molecule has 0 unspecified atom stereocenters. The highest BCUT2D eigenvalue weighted by molar-refractivity contribution is 7.89. The number of ether oxygens (including phenoxy) is 2. The van der Waals surface area contributed by atoms with Crippen molar-refractivity contribution in [3.63, 3.8) is 0 Å². The summed E-state index contributed by atoms with van der Waals surface area (Å²) in [7, 11) is -3.84. The lowest BCUT2D eigenvalue weighted by Crippen LogP contribution is -2.64. The zero-order chi connectivity index (χ0) is 18.1. The number of nitrogens with zero attached hydrogens (tertiary/aromatic N) is 1. The van der Waals surface area contributed by atoms with E-state index in [9.17, 15) is 13.2 Å². The summed E-state index contributed by atoms with van der Waals surface area (Å²) in [5, 5.41) is 0. The molecule has 2 aromatic rings. The fourth-order valence-electron chi connectivity index (χ4n) is 2.92. The number of carbonyl (C=O) groups excluding carboxylic acids is 1. The van der Waals surface area contributed by atoms with Gasteiger partial charge in [-0.25, -0.2) is 8.42 Å². The molecule has 1 fully saturated rings. The van der Waals surface area contributed by atoms with Crippen molar-refractivity contribution in [3.05, 3.63) is 48.5 Å². The van der Waals surface area contributed by atoms with E-state index in [0.29, 0.717) is 31.3 Å². The number of fused-ring (bicyclic) bond motifs is 1. The van der Waals surface area contributed by atoms with Crippen LogP contribution in [0.25, 0.3) is 0 Å². The largest absolute Gasteiger partial charge is 0.490 e. The van der Waals surface area contributed by atoms with Gasteiger partial charge in [-0.3, -0.25) is 4.79 Å². The van der Waals surface area contributed by atoms with Gasteiger partial charge in [0.2, 0.25) is 15.9 Å². The first-order chi connectivity index (χ1) is 12.5. The van der Waals surface area contributed by atoms with Crippen molar-refractivity contribution in [1.82, 2.24) is 4.72 Å². The standard InChI is InChI=1S/C18H18N2O5S/c21-18-15(12-20(18)13-5-2-1-3-6-13)19-26(22,23)14-7-8-16-17(11-14)25-10-4-9-24-16/h1-3,5-8,11,15,19H,4,9-10,12H2/t15-/m0/s1. The Labute approximate surface area is 151 Å². The fourth-order valence-corrected chi connectivity index (χ4v) is 4.12. The van der Waals surface area contributed by atoms with Gasteiger partial charge in [0, 0.05) is 18.2 Å². The van der Waals surface area contributed by atoms with Crippen molar-refractivity contribution < 1.29 is 22.7 Å². The van der Waals surface area contributed by atoms with Gasteiger partial charge in [0.05, 0.1) is 24.7 Å². The predicted octanol–water partition coefficient (Wildman–Crippen LogP) is 1.54. The van der Waals surface area contributed by atoms with Gasteiger partial charge >= 0.3 is 0 Å². The minimum atomic E-state index is -3.84. The van der Waals surface area contributed by atoms with Crippen molar-refractivity contribution in [1.29, 1.82) is 0 Å². The van der Waals surface area contributed by atoms with Crippen LogP contribution in [0.1, 0.15) is 6.42 Å². The van der Waals surface area contributed by atoms with Gasteiger partial charge in [0.1, 0.15) is 6.04 Å².